The molecule has 0 aliphatic heterocycles. The summed E-state index contributed by atoms with van der Waals surface area (Å²) in [5.74, 6) is -1.24. The number of carboxylic acid groups (broad SMARTS) is 1. The van der Waals surface area contributed by atoms with Gasteiger partial charge in [-0.1, -0.05) is 59.4 Å². The Morgan fingerprint density at radius 2 is 1.27 bits per heavy atom. The highest BCUT2D eigenvalue weighted by Gasteiger charge is 2.24. The number of unbranched alkanes of at least 4 members (excludes halogenated alkanes) is 4. The van der Waals surface area contributed by atoms with Crippen molar-refractivity contribution in [2.24, 2.45) is 0 Å². The van der Waals surface area contributed by atoms with Crippen LogP contribution in [0.5, 0.6) is 0 Å². The Morgan fingerprint density at radius 1 is 0.846 bits per heavy atom. The van der Waals surface area contributed by atoms with E-state index in [1.807, 2.05) is 0 Å². The molecule has 0 radical (unpaired) electrons. The van der Waals surface area contributed by atoms with Crippen molar-refractivity contribution in [2.45, 2.75) is 79.1 Å². The molecule has 0 spiro atoms. The molecule has 0 aliphatic carbocycles. The van der Waals surface area contributed by atoms with Crippen molar-refractivity contribution in [3.63, 3.8) is 0 Å². The fraction of sp³-hybridized carbons (Fsp3) is 0.727. The van der Waals surface area contributed by atoms with Crippen molar-refractivity contribution < 1.29 is 14.4 Å². The van der Waals surface area contributed by atoms with E-state index in [-0.39, 0.29) is 5.69 Å². The van der Waals surface area contributed by atoms with Crippen molar-refractivity contribution in [1.29, 1.82) is 0 Å². The maximum atomic E-state index is 10.0. The minimum absolute atomic E-state index is 0.0301. The van der Waals surface area contributed by atoms with Gasteiger partial charge in [0.25, 0.3) is 0 Å². The molecule has 0 unspecified atom stereocenters. The van der Waals surface area contributed by atoms with E-state index in [0.717, 1.165) is 0 Å². The summed E-state index contributed by atoms with van der Waals surface area (Å²) in [4.78, 5) is 13.5. The molecule has 0 saturated carbocycles. The molecule has 0 N–H and O–H groups in total. The van der Waals surface area contributed by atoms with E-state index in [4.69, 9.17) is 0 Å². The molecule has 4 nitrogen and oxygen atoms in total. The minimum atomic E-state index is -1.24. The average Bonchev–Trinajstić information content (AvgIpc) is 2.68. The lowest BCUT2D eigenvalue weighted by Crippen LogP contribution is -2.50. The highest BCUT2D eigenvalue weighted by Crippen LogP contribution is 2.16. The van der Waals surface area contributed by atoms with Crippen molar-refractivity contribution in [2.75, 3.05) is 26.2 Å². The number of carboxylic acids is 1. The summed E-state index contributed by atoms with van der Waals surface area (Å²) in [7, 11) is 0. The summed E-state index contributed by atoms with van der Waals surface area (Å²) in [5.41, 5.74) is -0.0301. The first-order valence-corrected chi connectivity index (χ1v) is 10.5. The summed E-state index contributed by atoms with van der Waals surface area (Å²) in [6.45, 7) is 15.0. The van der Waals surface area contributed by atoms with Gasteiger partial charge in [-0.15, -0.1) is 0 Å². The van der Waals surface area contributed by atoms with E-state index in [9.17, 15) is 9.90 Å². The minimum Gasteiger partial charge on any atom is -0.543 e. The second-order valence-electron chi connectivity index (χ2n) is 7.15. The summed E-state index contributed by atoms with van der Waals surface area (Å²) in [6, 6.07) is 4.62. The SMILES string of the molecule is CCCC[N+](CCCC)(CCCC)CCCC.O=C([O-])c1ccccn1. The monoisotopic (exact) mass is 364 g/mol. The quantitative estimate of drug-likeness (QED) is 0.486. The first-order chi connectivity index (χ1) is 12.5. The zero-order valence-corrected chi connectivity index (χ0v) is 17.5. The van der Waals surface area contributed by atoms with Crippen LogP contribution >= 0.6 is 0 Å². The number of quaternary nitrogens is 1. The Kier molecular flexibility index (Phi) is 14.9. The Labute approximate surface area is 161 Å². The van der Waals surface area contributed by atoms with Gasteiger partial charge >= 0.3 is 0 Å². The standard InChI is InChI=1S/C16H36N.C6H5NO2/c1-5-9-13-17(14-10-6-2,15-11-7-3)16-12-8-4;8-6(9)5-3-1-2-4-7-5/h5-16H2,1-4H3;1-4H,(H,8,9)/q+1;/p-1. The van der Waals surface area contributed by atoms with Gasteiger partial charge in [-0.2, -0.15) is 0 Å². The molecule has 26 heavy (non-hydrogen) atoms. The van der Waals surface area contributed by atoms with Crippen molar-refractivity contribution in [1.82, 2.24) is 4.98 Å². The summed E-state index contributed by atoms with van der Waals surface area (Å²) in [5, 5.41) is 10.0. The fourth-order valence-electron chi connectivity index (χ4n) is 3.13. The van der Waals surface area contributed by atoms with Crippen LogP contribution in [0.4, 0.5) is 0 Å². The summed E-state index contributed by atoms with van der Waals surface area (Å²) < 4.78 is 1.42. The number of nitrogens with zero attached hydrogens (tertiary/aromatic N) is 2. The van der Waals surface area contributed by atoms with Crippen LogP contribution in [0.25, 0.3) is 0 Å². The second-order valence-corrected chi connectivity index (χ2v) is 7.15. The Hall–Kier alpha value is -1.42. The van der Waals surface area contributed by atoms with E-state index in [2.05, 4.69) is 32.7 Å². The number of carbonyl (C=O) groups excluding carboxylic acids is 1. The first kappa shape index (κ1) is 24.6. The predicted molar refractivity (Wildman–Crippen MR) is 108 cm³/mol. The molecular weight excluding hydrogens is 324 g/mol. The third-order valence-electron chi connectivity index (χ3n) is 4.82. The van der Waals surface area contributed by atoms with E-state index >= 15 is 0 Å². The van der Waals surface area contributed by atoms with Crippen molar-refractivity contribution >= 4 is 5.97 Å². The van der Waals surface area contributed by atoms with Gasteiger partial charge in [-0.3, -0.25) is 4.98 Å². The molecule has 1 heterocycles. The molecule has 1 rings (SSSR count). The van der Waals surface area contributed by atoms with E-state index < -0.39 is 5.97 Å². The highest BCUT2D eigenvalue weighted by molar-refractivity contribution is 5.83. The summed E-state index contributed by atoms with van der Waals surface area (Å²) >= 11 is 0. The Bertz CT molecular complexity index is 411. The number of aromatic nitrogens is 1. The van der Waals surface area contributed by atoms with Crippen LogP contribution in [0.15, 0.2) is 24.4 Å². The largest absolute Gasteiger partial charge is 0.543 e. The molecule has 0 saturated heterocycles. The molecule has 0 fully saturated rings. The Morgan fingerprint density at radius 3 is 1.50 bits per heavy atom. The highest BCUT2D eigenvalue weighted by atomic mass is 16.4. The lowest BCUT2D eigenvalue weighted by Gasteiger charge is -2.39. The number of carbonyl (C=O) groups is 1. The number of rotatable bonds is 13. The Balaban J connectivity index is 0.000000577. The van der Waals surface area contributed by atoms with Crippen LogP contribution in [-0.4, -0.2) is 41.6 Å². The lowest BCUT2D eigenvalue weighted by atomic mass is 10.1. The lowest BCUT2D eigenvalue weighted by molar-refractivity contribution is -0.929. The second kappa shape index (κ2) is 15.8. The molecule has 4 heteroatoms. The van der Waals surface area contributed by atoms with E-state index in [1.165, 1.54) is 94.3 Å². The molecule has 0 aromatic carbocycles. The third kappa shape index (κ3) is 11.2. The van der Waals surface area contributed by atoms with Crippen LogP contribution in [0.3, 0.4) is 0 Å². The van der Waals surface area contributed by atoms with Gasteiger partial charge in [0.05, 0.1) is 37.8 Å². The zero-order chi connectivity index (χ0) is 19.7. The third-order valence-corrected chi connectivity index (χ3v) is 4.82. The zero-order valence-electron chi connectivity index (χ0n) is 17.5. The van der Waals surface area contributed by atoms with E-state index in [0.29, 0.717) is 0 Å². The smallest absolute Gasteiger partial charge is 0.0899 e. The number of hydrogen-bond donors (Lipinski definition) is 0. The number of hydrogen-bond acceptors (Lipinski definition) is 3. The number of pyridine rings is 1. The fourth-order valence-corrected chi connectivity index (χ4v) is 3.13. The molecule has 0 amide bonds. The first-order valence-electron chi connectivity index (χ1n) is 10.5. The normalized spacial score (nSPS) is 10.9. The van der Waals surface area contributed by atoms with Crippen molar-refractivity contribution in [3.05, 3.63) is 30.1 Å². The maximum Gasteiger partial charge on any atom is 0.0899 e. The van der Waals surface area contributed by atoms with Crippen molar-refractivity contribution in [3.8, 4) is 0 Å². The van der Waals surface area contributed by atoms with Crippen LogP contribution in [0.1, 0.15) is 89.5 Å². The van der Waals surface area contributed by atoms with Gasteiger partial charge in [0.15, 0.2) is 0 Å². The molecule has 0 bridgehead atoms. The molecule has 0 aliphatic rings. The van der Waals surface area contributed by atoms with Gasteiger partial charge in [-0.25, -0.2) is 0 Å². The maximum absolute atomic E-state index is 10.0. The van der Waals surface area contributed by atoms with Gasteiger partial charge in [0, 0.05) is 6.20 Å². The van der Waals surface area contributed by atoms with Crippen LogP contribution < -0.4 is 5.11 Å². The summed E-state index contributed by atoms with van der Waals surface area (Å²) in [6.07, 6.45) is 12.5. The molecule has 150 valence electrons. The predicted octanol–water partition coefficient (Wildman–Crippen LogP) is 4.45. The van der Waals surface area contributed by atoms with Gasteiger partial charge in [-0.05, 0) is 37.8 Å². The molecule has 1 aromatic rings. The molecule has 0 atom stereocenters. The van der Waals surface area contributed by atoms with Crippen LogP contribution in [-0.2, 0) is 0 Å². The van der Waals surface area contributed by atoms with Crippen LogP contribution in [0.2, 0.25) is 0 Å². The average molecular weight is 365 g/mol. The van der Waals surface area contributed by atoms with Gasteiger partial charge in [0.1, 0.15) is 0 Å². The topological polar surface area (TPSA) is 53.0 Å². The van der Waals surface area contributed by atoms with Gasteiger partial charge in [0.2, 0.25) is 0 Å². The molecule has 1 aromatic heterocycles. The molecular formula is C22H40N2O2. The van der Waals surface area contributed by atoms with E-state index in [1.54, 1.807) is 12.1 Å². The van der Waals surface area contributed by atoms with Crippen LogP contribution in [0, 0.1) is 0 Å². The van der Waals surface area contributed by atoms with Gasteiger partial charge < -0.3 is 14.4 Å². The number of aromatic carboxylic acids is 1.